The minimum Gasteiger partial charge on any atom is -0.496 e. The van der Waals surface area contributed by atoms with Gasteiger partial charge in [0.05, 0.1) is 39.6 Å². The number of carbonyl (C=O) groups excluding carboxylic acids is 1. The van der Waals surface area contributed by atoms with Gasteiger partial charge in [-0.15, -0.1) is 0 Å². The lowest BCUT2D eigenvalue weighted by molar-refractivity contribution is -0.118. The molecule has 33 heavy (non-hydrogen) atoms. The topological polar surface area (TPSA) is 54.0 Å². The molecule has 0 N–H and O–H groups in total. The van der Waals surface area contributed by atoms with Gasteiger partial charge in [-0.2, -0.15) is 0 Å². The molecule has 3 aromatic rings. The first-order chi connectivity index (χ1) is 16.1. The van der Waals surface area contributed by atoms with E-state index in [2.05, 4.69) is 18.2 Å². The lowest BCUT2D eigenvalue weighted by Gasteiger charge is -2.29. The van der Waals surface area contributed by atoms with Gasteiger partial charge in [0.25, 0.3) is 0 Å². The molecule has 3 aromatic carbocycles. The van der Waals surface area contributed by atoms with Crippen LogP contribution in [0.3, 0.4) is 0 Å². The molecule has 1 saturated heterocycles. The van der Waals surface area contributed by atoms with Crippen molar-refractivity contribution in [2.45, 2.75) is 12.8 Å². The second kappa shape index (κ2) is 10.3. The Morgan fingerprint density at radius 3 is 1.33 bits per heavy atom. The summed E-state index contributed by atoms with van der Waals surface area (Å²) < 4.78 is 23.0. The number of benzene rings is 3. The fourth-order valence-corrected chi connectivity index (χ4v) is 7.26. The van der Waals surface area contributed by atoms with Gasteiger partial charge in [0.2, 0.25) is 0 Å². The summed E-state index contributed by atoms with van der Waals surface area (Å²) in [7, 11) is 6.11. The maximum absolute atomic E-state index is 12.1. The minimum atomic E-state index is -0.595. The summed E-state index contributed by atoms with van der Waals surface area (Å²) in [5, 5.41) is 1.23. The first kappa shape index (κ1) is 23.1. The molecular weight excluding hydrogens is 435 g/mol. The van der Waals surface area contributed by atoms with Gasteiger partial charge in [0, 0.05) is 12.8 Å². The summed E-state index contributed by atoms with van der Waals surface area (Å²) in [6, 6.07) is 18.0. The zero-order valence-corrected chi connectivity index (χ0v) is 20.4. The number of rotatable bonds is 7. The largest absolute Gasteiger partial charge is 0.496 e. The van der Waals surface area contributed by atoms with E-state index in [4.69, 9.17) is 18.9 Å². The van der Waals surface area contributed by atoms with Gasteiger partial charge in [0.15, 0.2) is 0 Å². The van der Waals surface area contributed by atoms with Crippen molar-refractivity contribution in [2.75, 3.05) is 40.8 Å². The summed E-state index contributed by atoms with van der Waals surface area (Å²) in [4.78, 5) is 12.1. The number of ketones is 1. The lowest BCUT2D eigenvalue weighted by Crippen LogP contribution is -2.20. The molecule has 0 saturated carbocycles. The maximum Gasteiger partial charge on any atom is 0.133 e. The Morgan fingerprint density at radius 1 is 0.606 bits per heavy atom. The standard InChI is InChI=1S/C27H29O5P/c1-29-21-10-6-11-22(30-2)25(21)19-8-5-9-20(27(19)33-16-14-18(28)15-17-33)26-23(31-3)12-7-13-24(26)32-4/h5-13H,14-17H2,1-4H3. The first-order valence-electron chi connectivity index (χ1n) is 10.9. The van der Waals surface area contributed by atoms with E-state index in [1.54, 1.807) is 28.4 Å². The fourth-order valence-electron chi connectivity index (χ4n) is 4.50. The number of Topliss-reactive ketones (excluding diaryl/α,β-unsaturated/α-hetero) is 1. The van der Waals surface area contributed by atoms with E-state index >= 15 is 0 Å². The molecule has 1 aliphatic rings. The van der Waals surface area contributed by atoms with Crippen LogP contribution in [0.25, 0.3) is 22.3 Å². The second-order valence-electron chi connectivity index (χ2n) is 7.80. The molecule has 0 aromatic heterocycles. The van der Waals surface area contributed by atoms with Crippen LogP contribution in [0.2, 0.25) is 0 Å². The third-order valence-corrected chi connectivity index (χ3v) is 8.71. The second-order valence-corrected chi connectivity index (χ2v) is 10.2. The first-order valence-corrected chi connectivity index (χ1v) is 12.7. The average Bonchev–Trinajstić information content (AvgIpc) is 2.87. The Morgan fingerprint density at radius 2 is 0.970 bits per heavy atom. The zero-order valence-electron chi connectivity index (χ0n) is 19.5. The molecule has 4 rings (SSSR count). The molecule has 1 fully saturated rings. The highest BCUT2D eigenvalue weighted by molar-refractivity contribution is 7.66. The van der Waals surface area contributed by atoms with Crippen molar-refractivity contribution in [3.05, 3.63) is 54.6 Å². The molecule has 1 aliphatic heterocycles. The summed E-state index contributed by atoms with van der Waals surface area (Å²) >= 11 is 0. The van der Waals surface area contributed by atoms with E-state index in [9.17, 15) is 4.79 Å². The van der Waals surface area contributed by atoms with Crippen molar-refractivity contribution < 1.29 is 23.7 Å². The van der Waals surface area contributed by atoms with Crippen LogP contribution in [-0.4, -0.2) is 46.5 Å². The lowest BCUT2D eigenvalue weighted by atomic mass is 9.96. The van der Waals surface area contributed by atoms with Gasteiger partial charge in [-0.1, -0.05) is 38.3 Å². The predicted molar refractivity (Wildman–Crippen MR) is 134 cm³/mol. The number of hydrogen-bond donors (Lipinski definition) is 0. The molecule has 0 aliphatic carbocycles. The SMILES string of the molecule is COc1cccc(OC)c1-c1cccc(-c2c(OC)cccc2OC)c1P1CCC(=O)CC1. The smallest absolute Gasteiger partial charge is 0.133 e. The minimum absolute atomic E-state index is 0.345. The Kier molecular flexibility index (Phi) is 7.20. The third kappa shape index (κ3) is 4.43. The summed E-state index contributed by atoms with van der Waals surface area (Å²) in [5.74, 6) is 3.36. The summed E-state index contributed by atoms with van der Waals surface area (Å²) in [5.41, 5.74) is 3.98. The Balaban J connectivity index is 2.05. The Labute approximate surface area is 196 Å². The van der Waals surface area contributed by atoms with E-state index in [1.807, 2.05) is 36.4 Å². The zero-order chi connectivity index (χ0) is 23.4. The maximum atomic E-state index is 12.1. The summed E-state index contributed by atoms with van der Waals surface area (Å²) in [6.45, 7) is 0. The van der Waals surface area contributed by atoms with Gasteiger partial charge in [-0.25, -0.2) is 0 Å². The fraction of sp³-hybridized carbons (Fsp3) is 0.296. The molecular formula is C27H29O5P. The van der Waals surface area contributed by atoms with Crippen molar-refractivity contribution in [3.63, 3.8) is 0 Å². The van der Waals surface area contributed by atoms with Crippen LogP contribution in [0.5, 0.6) is 23.0 Å². The quantitative estimate of drug-likeness (QED) is 0.431. The number of hydrogen-bond acceptors (Lipinski definition) is 5. The van der Waals surface area contributed by atoms with Gasteiger partial charge in [-0.3, -0.25) is 4.79 Å². The van der Waals surface area contributed by atoms with Crippen LogP contribution in [-0.2, 0) is 4.79 Å². The van der Waals surface area contributed by atoms with Crippen LogP contribution >= 0.6 is 7.92 Å². The molecule has 0 radical (unpaired) electrons. The molecule has 172 valence electrons. The van der Waals surface area contributed by atoms with Crippen molar-refractivity contribution in [1.82, 2.24) is 0 Å². The van der Waals surface area contributed by atoms with Crippen LogP contribution in [0.1, 0.15) is 12.8 Å². The van der Waals surface area contributed by atoms with E-state index in [-0.39, 0.29) is 0 Å². The monoisotopic (exact) mass is 464 g/mol. The molecule has 0 atom stereocenters. The highest BCUT2D eigenvalue weighted by atomic mass is 31.1. The molecule has 0 unspecified atom stereocenters. The normalized spacial score (nSPS) is 14.1. The van der Waals surface area contributed by atoms with Crippen LogP contribution in [0, 0.1) is 0 Å². The van der Waals surface area contributed by atoms with Gasteiger partial charge in [-0.05, 0) is 53.0 Å². The molecule has 6 heteroatoms. The van der Waals surface area contributed by atoms with E-state index < -0.39 is 7.92 Å². The Hall–Kier alpha value is -3.04. The molecule has 0 spiro atoms. The van der Waals surface area contributed by atoms with Gasteiger partial charge < -0.3 is 18.9 Å². The number of ether oxygens (including phenoxy) is 4. The van der Waals surface area contributed by atoms with Crippen molar-refractivity contribution in [3.8, 4) is 45.3 Å². The molecule has 0 bridgehead atoms. The van der Waals surface area contributed by atoms with Crippen molar-refractivity contribution in [1.29, 1.82) is 0 Å². The van der Waals surface area contributed by atoms with E-state index in [0.717, 1.165) is 57.6 Å². The van der Waals surface area contributed by atoms with Crippen LogP contribution in [0.15, 0.2) is 54.6 Å². The highest BCUT2D eigenvalue weighted by Crippen LogP contribution is 2.50. The number of methoxy groups -OCH3 is 4. The van der Waals surface area contributed by atoms with Crippen LogP contribution in [0.4, 0.5) is 0 Å². The average molecular weight is 464 g/mol. The van der Waals surface area contributed by atoms with Crippen molar-refractivity contribution >= 4 is 19.0 Å². The third-order valence-electron chi connectivity index (χ3n) is 6.07. The van der Waals surface area contributed by atoms with Crippen molar-refractivity contribution in [2.24, 2.45) is 0 Å². The Bertz CT molecular complexity index is 1030. The van der Waals surface area contributed by atoms with E-state index in [1.165, 1.54) is 5.30 Å². The summed E-state index contributed by atoms with van der Waals surface area (Å²) in [6.07, 6.45) is 2.97. The van der Waals surface area contributed by atoms with E-state index in [0.29, 0.717) is 18.6 Å². The molecule has 5 nitrogen and oxygen atoms in total. The highest BCUT2D eigenvalue weighted by Gasteiger charge is 2.29. The molecule has 1 heterocycles. The van der Waals surface area contributed by atoms with Gasteiger partial charge >= 0.3 is 0 Å². The number of carbonyl (C=O) groups is 1. The molecule has 0 amide bonds. The van der Waals surface area contributed by atoms with Gasteiger partial charge in [0.1, 0.15) is 28.8 Å². The predicted octanol–water partition coefficient (Wildman–Crippen LogP) is 5.53. The van der Waals surface area contributed by atoms with Crippen LogP contribution < -0.4 is 24.3 Å².